The third-order valence-corrected chi connectivity index (χ3v) is 5.37. The molecule has 0 heterocycles. The maximum absolute atomic E-state index is 13.3. The van der Waals surface area contributed by atoms with Gasteiger partial charge in [-0.3, -0.25) is 4.72 Å². The average Bonchev–Trinajstić information content (AvgIpc) is 2.64. The molecule has 27 heavy (non-hydrogen) atoms. The summed E-state index contributed by atoms with van der Waals surface area (Å²) in [6.07, 6.45) is 0. The molecule has 0 aliphatic heterocycles. The van der Waals surface area contributed by atoms with Gasteiger partial charge in [0, 0.05) is 17.9 Å². The highest BCUT2D eigenvalue weighted by Gasteiger charge is 2.15. The molecule has 0 atom stereocenters. The van der Waals surface area contributed by atoms with Crippen molar-refractivity contribution in [3.63, 3.8) is 0 Å². The first kappa shape index (κ1) is 18.8. The summed E-state index contributed by atoms with van der Waals surface area (Å²) in [5, 5.41) is 3.17. The molecule has 0 radical (unpaired) electrons. The molecule has 0 unspecified atom stereocenters. The van der Waals surface area contributed by atoms with Crippen LogP contribution in [0.15, 0.2) is 71.6 Å². The molecule has 0 spiro atoms. The zero-order chi connectivity index (χ0) is 19.4. The van der Waals surface area contributed by atoms with Gasteiger partial charge < -0.3 is 5.32 Å². The number of hydrogen-bond acceptors (Lipinski definition) is 3. The summed E-state index contributed by atoms with van der Waals surface area (Å²) >= 11 is 0. The van der Waals surface area contributed by atoms with E-state index in [1.807, 2.05) is 0 Å². The van der Waals surface area contributed by atoms with Crippen molar-refractivity contribution in [2.75, 3.05) is 10.0 Å². The Morgan fingerprint density at radius 2 is 1.48 bits per heavy atom. The van der Waals surface area contributed by atoms with Gasteiger partial charge in [-0.15, -0.1) is 0 Å². The second-order valence-electron chi connectivity index (χ2n) is 6.07. The first-order valence-corrected chi connectivity index (χ1v) is 9.69. The van der Waals surface area contributed by atoms with E-state index < -0.39 is 15.8 Å². The molecule has 0 saturated carbocycles. The second kappa shape index (κ2) is 7.75. The fourth-order valence-electron chi connectivity index (χ4n) is 2.46. The highest BCUT2D eigenvalue weighted by atomic mass is 32.2. The van der Waals surface area contributed by atoms with Crippen molar-refractivity contribution in [2.24, 2.45) is 0 Å². The molecule has 0 aliphatic carbocycles. The minimum absolute atomic E-state index is 0.0000821. The van der Waals surface area contributed by atoms with Gasteiger partial charge in [-0.25, -0.2) is 17.2 Å². The molecular weight excluding hydrogens is 370 g/mol. The van der Waals surface area contributed by atoms with Crippen molar-refractivity contribution in [1.29, 1.82) is 0 Å². The molecule has 3 aromatic carbocycles. The Balaban J connectivity index is 1.66. The number of hydrogen-bond donors (Lipinski definition) is 2. The highest BCUT2D eigenvalue weighted by molar-refractivity contribution is 7.92. The Kier molecular flexibility index (Phi) is 5.41. The van der Waals surface area contributed by atoms with Crippen molar-refractivity contribution >= 4 is 21.4 Å². The summed E-state index contributed by atoms with van der Waals surface area (Å²) < 4.78 is 53.5. The molecule has 4 nitrogen and oxygen atoms in total. The lowest BCUT2D eigenvalue weighted by atomic mass is 10.2. The Bertz CT molecular complexity index is 1030. The standard InChI is InChI=1S/C20H18F2N2O2S/c1-14-12-19(10-11-20(14)22)27(25,26)24-18-8-6-17(7-9-18)23-13-15-2-4-16(21)5-3-15/h2-12,23-24H,13H2,1H3. The van der Waals surface area contributed by atoms with Gasteiger partial charge in [-0.2, -0.15) is 0 Å². The van der Waals surface area contributed by atoms with Gasteiger partial charge in [0.1, 0.15) is 11.6 Å². The lowest BCUT2D eigenvalue weighted by molar-refractivity contribution is 0.598. The summed E-state index contributed by atoms with van der Waals surface area (Å²) in [4.78, 5) is -0.0000821. The maximum atomic E-state index is 13.3. The smallest absolute Gasteiger partial charge is 0.261 e. The van der Waals surface area contributed by atoms with E-state index in [1.165, 1.54) is 31.2 Å². The van der Waals surface area contributed by atoms with E-state index in [9.17, 15) is 17.2 Å². The number of sulfonamides is 1. The van der Waals surface area contributed by atoms with Crippen LogP contribution < -0.4 is 10.0 Å². The van der Waals surface area contributed by atoms with E-state index in [0.717, 1.165) is 17.3 Å². The Labute approximate surface area is 156 Å². The van der Waals surface area contributed by atoms with E-state index in [0.29, 0.717) is 12.2 Å². The van der Waals surface area contributed by atoms with Crippen LogP contribution in [0, 0.1) is 18.6 Å². The van der Waals surface area contributed by atoms with Crippen LogP contribution in [0.1, 0.15) is 11.1 Å². The van der Waals surface area contributed by atoms with Crippen LogP contribution in [0.5, 0.6) is 0 Å². The van der Waals surface area contributed by atoms with E-state index in [4.69, 9.17) is 0 Å². The first-order valence-electron chi connectivity index (χ1n) is 8.21. The van der Waals surface area contributed by atoms with Crippen LogP contribution in [0.25, 0.3) is 0 Å². The molecule has 0 bridgehead atoms. The first-order chi connectivity index (χ1) is 12.8. The summed E-state index contributed by atoms with van der Waals surface area (Å²) in [6.45, 7) is 2.02. The zero-order valence-electron chi connectivity index (χ0n) is 14.5. The van der Waals surface area contributed by atoms with Gasteiger partial charge in [-0.1, -0.05) is 12.1 Å². The van der Waals surface area contributed by atoms with Gasteiger partial charge in [0.05, 0.1) is 4.90 Å². The molecule has 140 valence electrons. The lowest BCUT2D eigenvalue weighted by Gasteiger charge is -2.11. The Morgan fingerprint density at radius 1 is 0.852 bits per heavy atom. The number of benzene rings is 3. The minimum atomic E-state index is -3.80. The molecule has 0 fully saturated rings. The number of halogens is 2. The second-order valence-corrected chi connectivity index (χ2v) is 7.76. The van der Waals surface area contributed by atoms with Crippen LogP contribution in [0.2, 0.25) is 0 Å². The van der Waals surface area contributed by atoms with Crippen molar-refractivity contribution in [2.45, 2.75) is 18.4 Å². The quantitative estimate of drug-likeness (QED) is 0.644. The van der Waals surface area contributed by atoms with Crippen LogP contribution in [-0.4, -0.2) is 8.42 Å². The molecule has 2 N–H and O–H groups in total. The third kappa shape index (κ3) is 4.83. The predicted molar refractivity (Wildman–Crippen MR) is 102 cm³/mol. The van der Waals surface area contributed by atoms with Crippen LogP contribution in [0.4, 0.5) is 20.2 Å². The lowest BCUT2D eigenvalue weighted by Crippen LogP contribution is -2.13. The topological polar surface area (TPSA) is 58.2 Å². The van der Waals surface area contributed by atoms with Crippen molar-refractivity contribution in [3.05, 3.63) is 89.5 Å². The van der Waals surface area contributed by atoms with E-state index in [-0.39, 0.29) is 16.3 Å². The molecule has 3 rings (SSSR count). The molecule has 0 amide bonds. The summed E-state index contributed by atoms with van der Waals surface area (Å²) in [5.74, 6) is -0.739. The number of aryl methyl sites for hydroxylation is 1. The Morgan fingerprint density at radius 3 is 2.11 bits per heavy atom. The van der Waals surface area contributed by atoms with Crippen molar-refractivity contribution in [3.8, 4) is 0 Å². The largest absolute Gasteiger partial charge is 0.381 e. The molecule has 0 aromatic heterocycles. The SMILES string of the molecule is Cc1cc(S(=O)(=O)Nc2ccc(NCc3ccc(F)cc3)cc2)ccc1F. The van der Waals surface area contributed by atoms with Gasteiger partial charge in [-0.05, 0) is 72.6 Å². The molecule has 0 aliphatic rings. The van der Waals surface area contributed by atoms with Crippen LogP contribution in [0.3, 0.4) is 0 Å². The van der Waals surface area contributed by atoms with Gasteiger partial charge in [0.25, 0.3) is 10.0 Å². The third-order valence-electron chi connectivity index (χ3n) is 3.99. The van der Waals surface area contributed by atoms with Crippen LogP contribution >= 0.6 is 0 Å². The fourth-order valence-corrected chi connectivity index (χ4v) is 3.60. The Hall–Kier alpha value is -2.93. The minimum Gasteiger partial charge on any atom is -0.381 e. The molecule has 3 aromatic rings. The van der Waals surface area contributed by atoms with Crippen molar-refractivity contribution in [1.82, 2.24) is 0 Å². The molecular formula is C20H18F2N2O2S. The van der Waals surface area contributed by atoms with Gasteiger partial charge >= 0.3 is 0 Å². The summed E-state index contributed by atoms with van der Waals surface area (Å²) in [5.41, 5.74) is 2.37. The zero-order valence-corrected chi connectivity index (χ0v) is 15.4. The molecule has 7 heteroatoms. The predicted octanol–water partition coefficient (Wildman–Crippen LogP) is 4.69. The fraction of sp³-hybridized carbons (Fsp3) is 0.100. The van der Waals surface area contributed by atoms with Crippen molar-refractivity contribution < 1.29 is 17.2 Å². The van der Waals surface area contributed by atoms with E-state index in [2.05, 4.69) is 10.0 Å². The highest BCUT2D eigenvalue weighted by Crippen LogP contribution is 2.20. The molecule has 0 saturated heterocycles. The van der Waals surface area contributed by atoms with Gasteiger partial charge in [0.15, 0.2) is 0 Å². The van der Waals surface area contributed by atoms with Gasteiger partial charge in [0.2, 0.25) is 0 Å². The number of anilines is 2. The van der Waals surface area contributed by atoms with E-state index in [1.54, 1.807) is 36.4 Å². The summed E-state index contributed by atoms with van der Waals surface area (Å²) in [7, 11) is -3.80. The average molecular weight is 388 g/mol. The summed E-state index contributed by atoms with van der Waals surface area (Å²) in [6, 6.07) is 16.5. The van der Waals surface area contributed by atoms with Crippen LogP contribution in [-0.2, 0) is 16.6 Å². The number of nitrogens with one attached hydrogen (secondary N) is 2. The normalized spacial score (nSPS) is 11.2. The number of rotatable bonds is 6. The van der Waals surface area contributed by atoms with E-state index >= 15 is 0 Å². The maximum Gasteiger partial charge on any atom is 0.261 e. The monoisotopic (exact) mass is 388 g/mol.